The van der Waals surface area contributed by atoms with Crippen molar-refractivity contribution < 1.29 is 14.3 Å². The molecule has 142 valence electrons. The second-order valence-corrected chi connectivity index (χ2v) is 6.92. The summed E-state index contributed by atoms with van der Waals surface area (Å²) in [5, 5.41) is 6.23. The molecule has 1 fully saturated rings. The molecule has 2 aromatic rings. The number of urea groups is 1. The molecule has 1 unspecified atom stereocenters. The van der Waals surface area contributed by atoms with Crippen molar-refractivity contribution in [3.05, 3.63) is 59.1 Å². The van der Waals surface area contributed by atoms with Crippen molar-refractivity contribution in [3.8, 4) is 0 Å². The fourth-order valence-corrected chi connectivity index (χ4v) is 2.95. The van der Waals surface area contributed by atoms with Crippen LogP contribution in [0.15, 0.2) is 48.5 Å². The first-order chi connectivity index (χ1) is 13.0. The van der Waals surface area contributed by atoms with Gasteiger partial charge in [-0.15, -0.1) is 0 Å². The van der Waals surface area contributed by atoms with E-state index in [9.17, 15) is 9.59 Å². The second-order valence-electron chi connectivity index (χ2n) is 6.48. The lowest BCUT2D eigenvalue weighted by Crippen LogP contribution is -2.33. The number of carbonyl (C=O) groups is 2. The van der Waals surface area contributed by atoms with E-state index in [-0.39, 0.29) is 11.9 Å². The molecule has 0 aromatic heterocycles. The van der Waals surface area contributed by atoms with Gasteiger partial charge < -0.3 is 20.3 Å². The lowest BCUT2D eigenvalue weighted by atomic mass is 10.1. The second kappa shape index (κ2) is 8.88. The zero-order chi connectivity index (χ0) is 19.2. The molecule has 0 spiro atoms. The third kappa shape index (κ3) is 5.21. The Labute approximate surface area is 163 Å². The smallest absolute Gasteiger partial charge is 0.319 e. The first kappa shape index (κ1) is 19.2. The summed E-state index contributed by atoms with van der Waals surface area (Å²) in [6, 6.07) is 13.6. The number of halogens is 1. The number of hydrogen-bond donors (Lipinski definition) is 2. The zero-order valence-corrected chi connectivity index (χ0v) is 15.8. The van der Waals surface area contributed by atoms with Gasteiger partial charge in [-0.05, 0) is 55.0 Å². The first-order valence-corrected chi connectivity index (χ1v) is 9.17. The van der Waals surface area contributed by atoms with E-state index >= 15 is 0 Å². The third-order valence-corrected chi connectivity index (χ3v) is 4.74. The van der Waals surface area contributed by atoms with Gasteiger partial charge >= 0.3 is 6.03 Å². The molecule has 0 radical (unpaired) electrons. The van der Waals surface area contributed by atoms with Gasteiger partial charge in [-0.3, -0.25) is 4.79 Å². The molecular weight excluding hydrogens is 366 g/mol. The van der Waals surface area contributed by atoms with Gasteiger partial charge in [0.1, 0.15) is 0 Å². The van der Waals surface area contributed by atoms with Crippen LogP contribution >= 0.6 is 11.6 Å². The summed E-state index contributed by atoms with van der Waals surface area (Å²) < 4.78 is 5.29. The summed E-state index contributed by atoms with van der Waals surface area (Å²) in [6.07, 6.45) is 0.975. The Bertz CT molecular complexity index is 787. The fraction of sp³-hybridized carbons (Fsp3) is 0.300. The molecule has 27 heavy (non-hydrogen) atoms. The van der Waals surface area contributed by atoms with E-state index < -0.39 is 0 Å². The van der Waals surface area contributed by atoms with Crippen LogP contribution in [0.25, 0.3) is 0 Å². The number of amides is 3. The minimum absolute atomic E-state index is 0.135. The van der Waals surface area contributed by atoms with Gasteiger partial charge in [0.05, 0.1) is 6.61 Å². The predicted octanol–water partition coefficient (Wildman–Crippen LogP) is 3.77. The van der Waals surface area contributed by atoms with Crippen molar-refractivity contribution in [1.82, 2.24) is 5.32 Å². The van der Waals surface area contributed by atoms with E-state index in [0.717, 1.165) is 18.7 Å². The van der Waals surface area contributed by atoms with Crippen LogP contribution in [0.5, 0.6) is 0 Å². The maximum Gasteiger partial charge on any atom is 0.319 e. The Morgan fingerprint density at radius 1 is 1.15 bits per heavy atom. The number of anilines is 2. The molecule has 6 nitrogen and oxygen atoms in total. The van der Waals surface area contributed by atoms with E-state index in [1.807, 2.05) is 0 Å². The van der Waals surface area contributed by atoms with Gasteiger partial charge in [0.25, 0.3) is 5.91 Å². The standard InChI is InChI=1S/C20H22ClN3O3/c1-24(19(25)15-2-4-16(21)5-3-15)18-8-6-17(7-9-18)23-20(26)22-12-14-10-11-27-13-14/h2-9,14H,10-13H2,1H3,(H2,22,23,26). The largest absolute Gasteiger partial charge is 0.381 e. The Hall–Kier alpha value is -2.57. The Morgan fingerprint density at radius 2 is 1.85 bits per heavy atom. The molecular formula is C20H22ClN3O3. The van der Waals surface area contributed by atoms with Crippen LogP contribution in [0.4, 0.5) is 16.2 Å². The number of nitrogens with one attached hydrogen (secondary N) is 2. The lowest BCUT2D eigenvalue weighted by molar-refractivity contribution is 0.0993. The molecule has 7 heteroatoms. The Morgan fingerprint density at radius 3 is 2.48 bits per heavy atom. The van der Waals surface area contributed by atoms with Crippen LogP contribution in [0.2, 0.25) is 5.02 Å². The highest BCUT2D eigenvalue weighted by molar-refractivity contribution is 6.30. The minimum atomic E-state index is -0.250. The van der Waals surface area contributed by atoms with E-state index in [1.165, 1.54) is 0 Å². The van der Waals surface area contributed by atoms with Crippen LogP contribution in [-0.2, 0) is 4.74 Å². The topological polar surface area (TPSA) is 70.7 Å². The number of benzene rings is 2. The molecule has 1 atom stereocenters. The van der Waals surface area contributed by atoms with Crippen molar-refractivity contribution in [2.75, 3.05) is 37.0 Å². The van der Waals surface area contributed by atoms with Gasteiger partial charge in [0.15, 0.2) is 0 Å². The van der Waals surface area contributed by atoms with Crippen LogP contribution in [-0.4, -0.2) is 38.7 Å². The number of hydrogen-bond acceptors (Lipinski definition) is 3. The highest BCUT2D eigenvalue weighted by Gasteiger charge is 2.16. The number of rotatable bonds is 5. The molecule has 0 bridgehead atoms. The van der Waals surface area contributed by atoms with Crippen molar-refractivity contribution in [2.45, 2.75) is 6.42 Å². The number of nitrogens with zero attached hydrogens (tertiary/aromatic N) is 1. The van der Waals surface area contributed by atoms with Crippen molar-refractivity contribution in [2.24, 2.45) is 5.92 Å². The van der Waals surface area contributed by atoms with Gasteiger partial charge in [0, 0.05) is 48.1 Å². The van der Waals surface area contributed by atoms with E-state index in [0.29, 0.717) is 35.3 Å². The molecule has 0 saturated carbocycles. The fourth-order valence-electron chi connectivity index (χ4n) is 2.83. The summed E-state index contributed by atoms with van der Waals surface area (Å²) in [7, 11) is 1.70. The highest BCUT2D eigenvalue weighted by atomic mass is 35.5. The third-order valence-electron chi connectivity index (χ3n) is 4.48. The van der Waals surface area contributed by atoms with Crippen molar-refractivity contribution >= 4 is 34.9 Å². The highest BCUT2D eigenvalue weighted by Crippen LogP contribution is 2.20. The molecule has 1 aliphatic heterocycles. The molecule has 0 aliphatic carbocycles. The summed E-state index contributed by atoms with van der Waals surface area (Å²) in [6.45, 7) is 2.06. The molecule has 3 rings (SSSR count). The molecule has 2 N–H and O–H groups in total. The SMILES string of the molecule is CN(C(=O)c1ccc(Cl)cc1)c1ccc(NC(=O)NCC2CCOC2)cc1. The van der Waals surface area contributed by atoms with Crippen LogP contribution in [0.1, 0.15) is 16.8 Å². The summed E-state index contributed by atoms with van der Waals surface area (Å²) >= 11 is 5.86. The molecule has 1 saturated heterocycles. The molecule has 1 aliphatic rings. The number of carbonyl (C=O) groups excluding carboxylic acids is 2. The predicted molar refractivity (Wildman–Crippen MR) is 107 cm³/mol. The Kier molecular flexibility index (Phi) is 6.32. The van der Waals surface area contributed by atoms with E-state index in [4.69, 9.17) is 16.3 Å². The van der Waals surface area contributed by atoms with Gasteiger partial charge in [0.2, 0.25) is 0 Å². The molecule has 1 heterocycles. The van der Waals surface area contributed by atoms with E-state index in [1.54, 1.807) is 60.5 Å². The average molecular weight is 388 g/mol. The number of ether oxygens (including phenoxy) is 1. The van der Waals surface area contributed by atoms with Crippen molar-refractivity contribution in [1.29, 1.82) is 0 Å². The van der Waals surface area contributed by atoms with Crippen molar-refractivity contribution in [3.63, 3.8) is 0 Å². The Balaban J connectivity index is 1.54. The summed E-state index contributed by atoms with van der Waals surface area (Å²) in [5.41, 5.74) is 1.94. The lowest BCUT2D eigenvalue weighted by Gasteiger charge is -2.18. The monoisotopic (exact) mass is 387 g/mol. The normalized spacial score (nSPS) is 16.0. The summed E-state index contributed by atoms with van der Waals surface area (Å²) in [4.78, 5) is 26.0. The first-order valence-electron chi connectivity index (χ1n) is 8.79. The zero-order valence-electron chi connectivity index (χ0n) is 15.1. The van der Waals surface area contributed by atoms with Gasteiger partial charge in [-0.25, -0.2) is 4.79 Å². The summed E-state index contributed by atoms with van der Waals surface area (Å²) in [5.74, 6) is 0.245. The van der Waals surface area contributed by atoms with Crippen LogP contribution in [0, 0.1) is 5.92 Å². The van der Waals surface area contributed by atoms with E-state index in [2.05, 4.69) is 10.6 Å². The maximum atomic E-state index is 12.5. The van der Waals surface area contributed by atoms with Gasteiger partial charge in [-0.2, -0.15) is 0 Å². The molecule has 3 amide bonds. The van der Waals surface area contributed by atoms with Crippen LogP contribution in [0.3, 0.4) is 0 Å². The quantitative estimate of drug-likeness (QED) is 0.820. The average Bonchev–Trinajstić information content (AvgIpc) is 3.20. The van der Waals surface area contributed by atoms with Gasteiger partial charge in [-0.1, -0.05) is 11.6 Å². The molecule has 2 aromatic carbocycles. The maximum absolute atomic E-state index is 12.5. The minimum Gasteiger partial charge on any atom is -0.381 e. The van der Waals surface area contributed by atoms with Crippen LogP contribution < -0.4 is 15.5 Å².